The Labute approximate surface area is 90.3 Å². The third-order valence-electron chi connectivity index (χ3n) is 1.75. The number of rotatable bonds is 0. The van der Waals surface area contributed by atoms with Crippen LogP contribution in [0.3, 0.4) is 0 Å². The molecule has 0 aromatic carbocycles. The maximum Gasteiger partial charge on any atom is 0.332 e. The maximum absolute atomic E-state index is 12.2. The molecule has 0 aliphatic rings. The van der Waals surface area contributed by atoms with E-state index in [2.05, 4.69) is 4.98 Å². The van der Waals surface area contributed by atoms with Gasteiger partial charge in [-0.2, -0.15) is 0 Å². The summed E-state index contributed by atoms with van der Waals surface area (Å²) in [6, 6.07) is 0. The van der Waals surface area contributed by atoms with Gasteiger partial charge in [0.25, 0.3) is 5.56 Å². The van der Waals surface area contributed by atoms with Crippen molar-refractivity contribution in [1.29, 1.82) is 0 Å². The van der Waals surface area contributed by atoms with Gasteiger partial charge in [-0.3, -0.25) is 13.9 Å². The molecule has 2 heterocycles. The Hall–Kier alpha value is -1.85. The van der Waals surface area contributed by atoms with Crippen molar-refractivity contribution < 1.29 is 11.0 Å². The zero-order valence-electron chi connectivity index (χ0n) is 14.8. The number of fused-ring (bicyclic) bond motifs is 1. The van der Waals surface area contributed by atoms with Crippen LogP contribution in [0.1, 0.15) is 11.0 Å². The number of imidazole rings is 1. The van der Waals surface area contributed by atoms with Crippen LogP contribution in [0.5, 0.6) is 0 Å². The van der Waals surface area contributed by atoms with Crippen LogP contribution in [0, 0.1) is 0 Å². The Morgan fingerprint density at radius 3 is 2.93 bits per heavy atom. The van der Waals surface area contributed by atoms with Gasteiger partial charge in [-0.15, -0.1) is 0 Å². The summed E-state index contributed by atoms with van der Waals surface area (Å²) in [5.41, 5.74) is -4.02. The summed E-state index contributed by atoms with van der Waals surface area (Å²) in [6.07, 6.45) is -0.747. The molecular weight excluding hydrogens is 184 g/mol. The van der Waals surface area contributed by atoms with Crippen LogP contribution < -0.4 is 11.2 Å². The predicted octanol–water partition coefficient (Wildman–Crippen LogP) is -1.03. The fraction of sp³-hybridized carbons (Fsp3) is 0.375. The minimum atomic E-state index is -3.08. The van der Waals surface area contributed by atoms with E-state index in [1.807, 2.05) is 0 Å². The molecular formula is C8H10N4O2. The van der Waals surface area contributed by atoms with E-state index in [4.69, 9.17) is 11.0 Å². The summed E-state index contributed by atoms with van der Waals surface area (Å²) < 4.78 is 59.3. The smallest absolute Gasteiger partial charge is 0.328 e. The molecule has 0 N–H and O–H groups in total. The van der Waals surface area contributed by atoms with E-state index in [-0.39, 0.29) is 9.13 Å². The highest BCUT2D eigenvalue weighted by molar-refractivity contribution is 5.69. The molecule has 0 aliphatic carbocycles. The lowest BCUT2D eigenvalue weighted by Gasteiger charge is -2.02. The van der Waals surface area contributed by atoms with Crippen molar-refractivity contribution in [3.05, 3.63) is 27.1 Å². The SMILES string of the molecule is [2H]c1nc2c(c(=O)n(C([2H])[2H])c(=O)n2C([2H])([2H])[2H])n1C([2H])[2H]. The molecule has 2 aromatic rings. The van der Waals surface area contributed by atoms with Gasteiger partial charge in [-0.05, 0) is 0 Å². The highest BCUT2D eigenvalue weighted by Crippen LogP contribution is 2.01. The van der Waals surface area contributed by atoms with Crippen molar-refractivity contribution in [2.45, 2.75) is 0 Å². The van der Waals surface area contributed by atoms with Gasteiger partial charge in [0.1, 0.15) is 1.37 Å². The molecule has 6 heteroatoms. The van der Waals surface area contributed by atoms with Crippen LogP contribution >= 0.6 is 0 Å². The summed E-state index contributed by atoms with van der Waals surface area (Å²) in [4.78, 5) is 27.8. The van der Waals surface area contributed by atoms with Crippen molar-refractivity contribution in [3.8, 4) is 0 Å². The van der Waals surface area contributed by atoms with Crippen LogP contribution in [0.25, 0.3) is 11.2 Å². The van der Waals surface area contributed by atoms with Crippen LogP contribution in [-0.4, -0.2) is 18.7 Å². The normalized spacial score (nSPS) is 20.7. The third-order valence-corrected chi connectivity index (χ3v) is 1.75. The van der Waals surface area contributed by atoms with E-state index < -0.39 is 49.7 Å². The molecule has 0 amide bonds. The van der Waals surface area contributed by atoms with E-state index in [1.54, 1.807) is 0 Å². The lowest BCUT2D eigenvalue weighted by molar-refractivity contribution is 0.705. The van der Waals surface area contributed by atoms with E-state index >= 15 is 0 Å². The van der Waals surface area contributed by atoms with Gasteiger partial charge in [0.05, 0.1) is 6.30 Å². The van der Waals surface area contributed by atoms with E-state index in [0.29, 0.717) is 4.57 Å². The van der Waals surface area contributed by atoms with Crippen molar-refractivity contribution in [2.24, 2.45) is 21.0 Å². The first kappa shape index (κ1) is 3.38. The molecule has 2 aromatic heterocycles. The molecule has 0 spiro atoms. The van der Waals surface area contributed by atoms with Crippen molar-refractivity contribution in [2.75, 3.05) is 0 Å². The number of hydrogen-bond donors (Lipinski definition) is 0. The fourth-order valence-corrected chi connectivity index (χ4v) is 1.07. The first-order valence-electron chi connectivity index (χ1n) is 7.75. The van der Waals surface area contributed by atoms with Gasteiger partial charge in [0.15, 0.2) is 11.2 Å². The molecule has 0 aliphatic heterocycles. The van der Waals surface area contributed by atoms with Gasteiger partial charge >= 0.3 is 5.69 Å². The largest absolute Gasteiger partial charge is 0.332 e. The molecule has 0 radical (unpaired) electrons. The van der Waals surface area contributed by atoms with Crippen molar-refractivity contribution in [3.63, 3.8) is 0 Å². The Morgan fingerprint density at radius 1 is 1.43 bits per heavy atom. The van der Waals surface area contributed by atoms with Gasteiger partial charge in [-0.25, -0.2) is 9.78 Å². The van der Waals surface area contributed by atoms with E-state index in [9.17, 15) is 9.59 Å². The zero-order chi connectivity index (χ0) is 17.0. The molecule has 6 nitrogen and oxygen atoms in total. The van der Waals surface area contributed by atoms with Gasteiger partial charge in [0.2, 0.25) is 0 Å². The lowest BCUT2D eigenvalue weighted by atomic mass is 10.5. The summed E-state index contributed by atoms with van der Waals surface area (Å²) in [5, 5.41) is 0. The molecule has 14 heavy (non-hydrogen) atoms. The zero-order valence-corrected chi connectivity index (χ0v) is 6.76. The lowest BCUT2D eigenvalue weighted by Crippen LogP contribution is -2.37. The number of nitrogens with zero attached hydrogens (tertiary/aromatic N) is 4. The Bertz CT molecular complexity index is 845. The quantitative estimate of drug-likeness (QED) is 0.549. The third kappa shape index (κ3) is 0.876. The van der Waals surface area contributed by atoms with Crippen LogP contribution in [-0.2, 0) is 21.0 Å². The van der Waals surface area contributed by atoms with Crippen molar-refractivity contribution >= 4 is 11.2 Å². The number of hydrogen-bond acceptors (Lipinski definition) is 3. The summed E-state index contributed by atoms with van der Waals surface area (Å²) in [6.45, 7) is -7.10. The molecule has 2 rings (SSSR count). The fourth-order valence-electron chi connectivity index (χ4n) is 1.07. The van der Waals surface area contributed by atoms with E-state index in [1.165, 1.54) is 0 Å². The minimum absolute atomic E-state index is 0.0503. The second kappa shape index (κ2) is 2.57. The monoisotopic (exact) mass is 202 g/mol. The molecule has 0 fully saturated rings. The molecule has 0 bridgehead atoms. The Morgan fingerprint density at radius 2 is 2.29 bits per heavy atom. The first-order valence-corrected chi connectivity index (χ1v) is 3.44. The second-order valence-electron chi connectivity index (χ2n) is 2.55. The average Bonchev–Trinajstić information content (AvgIpc) is 2.63. The Kier molecular flexibility index (Phi) is 0.619. The highest BCUT2D eigenvalue weighted by atomic mass is 16.2. The predicted molar refractivity (Wildman–Crippen MR) is 51.2 cm³/mol. The van der Waals surface area contributed by atoms with Crippen LogP contribution in [0.15, 0.2) is 15.9 Å². The molecule has 0 unspecified atom stereocenters. The first-order chi connectivity index (χ1) is 9.98. The van der Waals surface area contributed by atoms with Crippen LogP contribution in [0.2, 0.25) is 0 Å². The summed E-state index contributed by atoms with van der Waals surface area (Å²) in [7, 11) is 0. The second-order valence-corrected chi connectivity index (χ2v) is 2.55. The summed E-state index contributed by atoms with van der Waals surface area (Å²) >= 11 is 0. The van der Waals surface area contributed by atoms with Crippen molar-refractivity contribution in [1.82, 2.24) is 18.7 Å². The minimum Gasteiger partial charge on any atom is -0.328 e. The standard InChI is InChI=1S/C8H10N4O2/c1-10-4-9-6-5(10)7(13)12(3)8(14)11(6)2/h4H,1-3H3/i1D2,2D3,3D2,4D. The van der Waals surface area contributed by atoms with Gasteiger partial charge < -0.3 is 4.57 Å². The molecule has 0 saturated carbocycles. The Balaban J connectivity index is 3.19. The topological polar surface area (TPSA) is 61.8 Å². The highest BCUT2D eigenvalue weighted by Gasteiger charge is 2.11. The summed E-state index contributed by atoms with van der Waals surface area (Å²) in [5.74, 6) is 0. The average molecular weight is 202 g/mol. The number of aryl methyl sites for hydroxylation is 2. The van der Waals surface area contributed by atoms with Gasteiger partial charge in [-0.1, -0.05) is 0 Å². The number of aromatic nitrogens is 4. The molecule has 0 saturated heterocycles. The van der Waals surface area contributed by atoms with Crippen LogP contribution in [0.4, 0.5) is 0 Å². The van der Waals surface area contributed by atoms with E-state index in [0.717, 1.165) is 0 Å². The molecule has 0 atom stereocenters. The van der Waals surface area contributed by atoms with Gasteiger partial charge in [0, 0.05) is 30.6 Å². The molecule has 74 valence electrons. The maximum atomic E-state index is 12.2.